The van der Waals surface area contributed by atoms with Gasteiger partial charge in [0.1, 0.15) is 22.9 Å². The summed E-state index contributed by atoms with van der Waals surface area (Å²) >= 11 is 0. The first-order chi connectivity index (χ1) is 16.5. The van der Waals surface area contributed by atoms with E-state index in [9.17, 15) is 9.59 Å². The fourth-order valence-electron chi connectivity index (χ4n) is 3.86. The van der Waals surface area contributed by atoms with Crippen LogP contribution in [0.4, 0.5) is 5.82 Å². The molecule has 0 saturated heterocycles. The Hall–Kier alpha value is -4.24. The number of carbonyl (C=O) groups is 2. The molecule has 1 aromatic carbocycles. The van der Waals surface area contributed by atoms with Crippen LogP contribution < -0.4 is 5.32 Å². The molecule has 6 nitrogen and oxygen atoms in total. The first-order valence-corrected chi connectivity index (χ1v) is 11.3. The highest BCUT2D eigenvalue weighted by Gasteiger charge is 2.29. The number of benzene rings is 1. The number of pyridine rings is 2. The van der Waals surface area contributed by atoms with Crippen LogP contribution in [0.3, 0.4) is 0 Å². The predicted octanol–water partition coefficient (Wildman–Crippen LogP) is 4.52. The minimum absolute atomic E-state index is 0.226. The second-order valence-corrected chi connectivity index (χ2v) is 8.74. The molecule has 34 heavy (non-hydrogen) atoms. The summed E-state index contributed by atoms with van der Waals surface area (Å²) in [4.78, 5) is 33.7. The summed E-state index contributed by atoms with van der Waals surface area (Å²) in [7, 11) is 0. The molecule has 1 aliphatic rings. The van der Waals surface area contributed by atoms with Crippen molar-refractivity contribution in [1.82, 2.24) is 14.4 Å². The van der Waals surface area contributed by atoms with Crippen molar-refractivity contribution in [3.05, 3.63) is 94.6 Å². The van der Waals surface area contributed by atoms with E-state index in [-0.39, 0.29) is 17.6 Å². The van der Waals surface area contributed by atoms with Crippen LogP contribution in [0.15, 0.2) is 61.1 Å². The van der Waals surface area contributed by atoms with Crippen molar-refractivity contribution in [3.8, 4) is 11.8 Å². The number of carbonyl (C=O) groups excluding carboxylic acids is 2. The first-order valence-electron chi connectivity index (χ1n) is 11.3. The van der Waals surface area contributed by atoms with Crippen LogP contribution in [0.2, 0.25) is 0 Å². The van der Waals surface area contributed by atoms with Gasteiger partial charge in [0.25, 0.3) is 5.91 Å². The number of rotatable bonds is 5. The summed E-state index contributed by atoms with van der Waals surface area (Å²) in [6.07, 6.45) is 7.72. The van der Waals surface area contributed by atoms with Crippen molar-refractivity contribution in [2.75, 3.05) is 5.32 Å². The third-order valence-electron chi connectivity index (χ3n) is 6.00. The summed E-state index contributed by atoms with van der Waals surface area (Å²) in [5, 5.41) is 2.83. The van der Waals surface area contributed by atoms with E-state index in [1.54, 1.807) is 24.5 Å². The molecule has 1 saturated carbocycles. The number of imidazole rings is 1. The fourth-order valence-corrected chi connectivity index (χ4v) is 3.86. The lowest BCUT2D eigenvalue weighted by molar-refractivity contribution is -0.119. The van der Waals surface area contributed by atoms with E-state index in [0.717, 1.165) is 46.4 Å². The smallest absolute Gasteiger partial charge is 0.256 e. The Morgan fingerprint density at radius 2 is 1.94 bits per heavy atom. The second-order valence-electron chi connectivity index (χ2n) is 8.74. The van der Waals surface area contributed by atoms with Crippen LogP contribution in [-0.2, 0) is 11.2 Å². The lowest BCUT2D eigenvalue weighted by atomic mass is 10.0. The van der Waals surface area contributed by atoms with Crippen molar-refractivity contribution in [1.29, 1.82) is 0 Å². The Labute approximate surface area is 198 Å². The quantitative estimate of drug-likeness (QED) is 0.456. The zero-order valence-electron chi connectivity index (χ0n) is 19.1. The molecule has 0 radical (unpaired) electrons. The summed E-state index contributed by atoms with van der Waals surface area (Å²) in [6.45, 7) is 3.91. The average molecular weight is 449 g/mol. The number of ketones is 1. The highest BCUT2D eigenvalue weighted by atomic mass is 16.1. The molecule has 0 spiro atoms. The number of aryl methyl sites for hydroxylation is 2. The van der Waals surface area contributed by atoms with Crippen molar-refractivity contribution in [2.45, 2.75) is 33.1 Å². The lowest BCUT2D eigenvalue weighted by Gasteiger charge is -2.07. The number of anilines is 1. The SMILES string of the molecule is Cc1ccnc(NC(=O)c2ccc(C)c(C#Cc3cnc4c(CC(=O)C5CC5)cccn34)c2)c1. The Morgan fingerprint density at radius 3 is 2.74 bits per heavy atom. The number of hydrogen-bond donors (Lipinski definition) is 1. The summed E-state index contributed by atoms with van der Waals surface area (Å²) in [5.41, 5.74) is 5.69. The highest BCUT2D eigenvalue weighted by Crippen LogP contribution is 2.31. The van der Waals surface area contributed by atoms with Gasteiger partial charge in [-0.3, -0.25) is 14.0 Å². The Morgan fingerprint density at radius 1 is 1.09 bits per heavy atom. The van der Waals surface area contributed by atoms with Crippen LogP contribution in [0.1, 0.15) is 51.1 Å². The van der Waals surface area contributed by atoms with Crippen LogP contribution in [0.25, 0.3) is 5.65 Å². The van der Waals surface area contributed by atoms with E-state index in [4.69, 9.17) is 0 Å². The normalized spacial score (nSPS) is 12.8. The molecule has 3 heterocycles. The molecule has 1 fully saturated rings. The van der Waals surface area contributed by atoms with Gasteiger partial charge in [-0.05, 0) is 74.1 Å². The first kappa shape index (κ1) is 21.6. The van der Waals surface area contributed by atoms with Gasteiger partial charge in [0, 0.05) is 41.4 Å². The van der Waals surface area contributed by atoms with Gasteiger partial charge in [-0.2, -0.15) is 0 Å². The van der Waals surface area contributed by atoms with Gasteiger partial charge in [-0.1, -0.05) is 18.1 Å². The Bertz CT molecular complexity index is 1490. The minimum atomic E-state index is -0.235. The Kier molecular flexibility index (Phi) is 5.69. The molecule has 1 aliphatic carbocycles. The summed E-state index contributed by atoms with van der Waals surface area (Å²) in [5.74, 6) is 7.17. The molecule has 1 amide bonds. The van der Waals surface area contributed by atoms with Crippen LogP contribution in [0, 0.1) is 31.6 Å². The van der Waals surface area contributed by atoms with Gasteiger partial charge in [0.05, 0.1) is 6.20 Å². The van der Waals surface area contributed by atoms with Gasteiger partial charge >= 0.3 is 0 Å². The molecule has 0 atom stereocenters. The summed E-state index contributed by atoms with van der Waals surface area (Å²) < 4.78 is 1.91. The molecule has 3 aromatic heterocycles. The van der Waals surface area contributed by atoms with E-state index in [1.165, 1.54) is 0 Å². The van der Waals surface area contributed by atoms with Gasteiger partial charge in [-0.25, -0.2) is 9.97 Å². The standard InChI is InChI=1S/C28H24N4O2/c1-18-11-12-29-26(14-18)31-28(34)23-6-5-19(2)21(15-23)9-10-24-17-30-27-22(4-3-13-32(24)27)16-25(33)20-7-8-20/h3-6,11-15,17,20H,7-8,16H2,1-2H3,(H,29,31,34). The number of amides is 1. The van der Waals surface area contributed by atoms with E-state index < -0.39 is 0 Å². The van der Waals surface area contributed by atoms with E-state index >= 15 is 0 Å². The molecule has 168 valence electrons. The number of nitrogens with one attached hydrogen (secondary N) is 1. The minimum Gasteiger partial charge on any atom is -0.307 e. The van der Waals surface area contributed by atoms with E-state index in [1.807, 2.05) is 54.8 Å². The molecule has 4 aromatic rings. The monoisotopic (exact) mass is 448 g/mol. The van der Waals surface area contributed by atoms with Gasteiger partial charge in [0.15, 0.2) is 0 Å². The lowest BCUT2D eigenvalue weighted by Crippen LogP contribution is -2.13. The molecule has 0 unspecified atom stereocenters. The van der Waals surface area contributed by atoms with Crippen molar-refractivity contribution >= 4 is 23.2 Å². The van der Waals surface area contributed by atoms with Crippen molar-refractivity contribution in [2.24, 2.45) is 5.92 Å². The average Bonchev–Trinajstić information content (AvgIpc) is 3.59. The molecule has 6 heteroatoms. The topological polar surface area (TPSA) is 76.4 Å². The number of fused-ring (bicyclic) bond motifs is 1. The zero-order chi connectivity index (χ0) is 23.7. The van der Waals surface area contributed by atoms with Crippen molar-refractivity contribution in [3.63, 3.8) is 0 Å². The largest absolute Gasteiger partial charge is 0.307 e. The number of Topliss-reactive ketones (excluding diaryl/α,β-unsaturated/α-hetero) is 1. The maximum absolute atomic E-state index is 12.7. The van der Waals surface area contributed by atoms with Crippen LogP contribution in [-0.4, -0.2) is 26.1 Å². The van der Waals surface area contributed by atoms with Crippen LogP contribution >= 0.6 is 0 Å². The number of hydrogen-bond acceptors (Lipinski definition) is 4. The van der Waals surface area contributed by atoms with Gasteiger partial charge in [0.2, 0.25) is 0 Å². The highest BCUT2D eigenvalue weighted by molar-refractivity contribution is 6.04. The van der Waals surface area contributed by atoms with E-state index in [0.29, 0.717) is 17.8 Å². The molecule has 5 rings (SSSR count). The molecule has 0 aliphatic heterocycles. The van der Waals surface area contributed by atoms with Gasteiger partial charge in [-0.15, -0.1) is 0 Å². The third-order valence-corrected chi connectivity index (χ3v) is 6.00. The number of nitrogens with zero attached hydrogens (tertiary/aromatic N) is 3. The van der Waals surface area contributed by atoms with E-state index in [2.05, 4.69) is 27.1 Å². The predicted molar refractivity (Wildman–Crippen MR) is 131 cm³/mol. The maximum atomic E-state index is 12.7. The van der Waals surface area contributed by atoms with Crippen LogP contribution in [0.5, 0.6) is 0 Å². The molecule has 0 bridgehead atoms. The summed E-state index contributed by atoms with van der Waals surface area (Å²) in [6, 6.07) is 13.0. The zero-order valence-corrected chi connectivity index (χ0v) is 19.1. The van der Waals surface area contributed by atoms with Crippen molar-refractivity contribution < 1.29 is 9.59 Å². The Balaban J connectivity index is 1.40. The second kappa shape index (κ2) is 8.95. The number of aromatic nitrogens is 3. The fraction of sp³-hybridized carbons (Fsp3) is 0.214. The molecule has 1 N–H and O–H groups in total. The maximum Gasteiger partial charge on any atom is 0.256 e. The third kappa shape index (κ3) is 4.60. The molecular formula is C28H24N4O2. The molecular weight excluding hydrogens is 424 g/mol. The van der Waals surface area contributed by atoms with Gasteiger partial charge < -0.3 is 5.32 Å².